The molecule has 1 heterocycles. The van der Waals surface area contributed by atoms with Crippen molar-refractivity contribution in [2.75, 3.05) is 19.6 Å². The highest BCUT2D eigenvalue weighted by molar-refractivity contribution is 7.88. The summed E-state index contributed by atoms with van der Waals surface area (Å²) in [5.74, 6) is -0.396. The first-order valence-electron chi connectivity index (χ1n) is 8.05. The van der Waals surface area contributed by atoms with Gasteiger partial charge in [-0.3, -0.25) is 4.90 Å². The molecule has 1 unspecified atom stereocenters. The number of nitrogens with zero attached hydrogens (tertiary/aromatic N) is 1. The molecule has 0 saturated carbocycles. The molecule has 25 heavy (non-hydrogen) atoms. The zero-order chi connectivity index (χ0) is 18.4. The number of benzene rings is 1. The first-order chi connectivity index (χ1) is 11.9. The third kappa shape index (κ3) is 5.54. The molecule has 5 nitrogen and oxygen atoms in total. The van der Waals surface area contributed by atoms with Crippen LogP contribution in [0.25, 0.3) is 0 Å². The summed E-state index contributed by atoms with van der Waals surface area (Å²) in [6.45, 7) is 5.63. The van der Waals surface area contributed by atoms with E-state index in [1.807, 2.05) is 19.9 Å². The number of sulfonamides is 1. The van der Waals surface area contributed by atoms with E-state index in [-0.39, 0.29) is 23.2 Å². The molecule has 0 saturated heterocycles. The van der Waals surface area contributed by atoms with Crippen LogP contribution in [0.5, 0.6) is 0 Å². The molecule has 2 rings (SSSR count). The van der Waals surface area contributed by atoms with Crippen LogP contribution in [-0.2, 0) is 15.8 Å². The van der Waals surface area contributed by atoms with E-state index in [0.717, 1.165) is 19.2 Å². The van der Waals surface area contributed by atoms with Crippen molar-refractivity contribution in [3.8, 4) is 0 Å². The van der Waals surface area contributed by atoms with Gasteiger partial charge in [-0.25, -0.2) is 17.5 Å². The quantitative estimate of drug-likeness (QED) is 0.713. The largest absolute Gasteiger partial charge is 0.468 e. The second kappa shape index (κ2) is 8.80. The lowest BCUT2D eigenvalue weighted by Gasteiger charge is -2.28. The fourth-order valence-corrected chi connectivity index (χ4v) is 3.97. The lowest BCUT2D eigenvalue weighted by atomic mass is 10.2. The lowest BCUT2D eigenvalue weighted by Crippen LogP contribution is -2.38. The van der Waals surface area contributed by atoms with E-state index in [2.05, 4.69) is 9.62 Å². The molecule has 0 radical (unpaired) electrons. The van der Waals surface area contributed by atoms with Crippen molar-refractivity contribution < 1.29 is 17.2 Å². The van der Waals surface area contributed by atoms with Crippen molar-refractivity contribution in [3.63, 3.8) is 0 Å². The minimum atomic E-state index is -3.71. The molecule has 0 aliphatic carbocycles. The van der Waals surface area contributed by atoms with Gasteiger partial charge in [0.15, 0.2) is 0 Å². The summed E-state index contributed by atoms with van der Waals surface area (Å²) in [7, 11) is -3.71. The first-order valence-corrected chi connectivity index (χ1v) is 10.1. The minimum Gasteiger partial charge on any atom is -0.468 e. The smallest absolute Gasteiger partial charge is 0.215 e. The number of halogens is 2. The number of nitrogens with one attached hydrogen (secondary N) is 1. The predicted molar refractivity (Wildman–Crippen MR) is 96.4 cm³/mol. The fourth-order valence-electron chi connectivity index (χ4n) is 2.66. The third-order valence-electron chi connectivity index (χ3n) is 3.98. The van der Waals surface area contributed by atoms with Gasteiger partial charge in [-0.1, -0.05) is 31.5 Å². The van der Waals surface area contributed by atoms with Gasteiger partial charge in [0.1, 0.15) is 11.6 Å². The molecule has 1 aromatic heterocycles. The highest BCUT2D eigenvalue weighted by Gasteiger charge is 2.23. The topological polar surface area (TPSA) is 62.6 Å². The van der Waals surface area contributed by atoms with Crippen LogP contribution in [0.3, 0.4) is 0 Å². The van der Waals surface area contributed by atoms with Crippen LogP contribution in [-0.4, -0.2) is 33.0 Å². The molecule has 0 fully saturated rings. The van der Waals surface area contributed by atoms with Crippen molar-refractivity contribution >= 4 is 21.6 Å². The monoisotopic (exact) mass is 388 g/mol. The number of hydrogen-bond donors (Lipinski definition) is 1. The molecular weight excluding hydrogens is 367 g/mol. The average molecular weight is 389 g/mol. The Morgan fingerprint density at radius 1 is 1.28 bits per heavy atom. The number of furan rings is 1. The SMILES string of the molecule is CCN(CC)C(CNS(=O)(=O)Cc1ccc(Cl)cc1F)c1ccco1. The van der Waals surface area contributed by atoms with Crippen molar-refractivity contribution in [1.29, 1.82) is 0 Å². The molecule has 0 amide bonds. The van der Waals surface area contributed by atoms with E-state index in [0.29, 0.717) is 5.76 Å². The highest BCUT2D eigenvalue weighted by Crippen LogP contribution is 2.21. The maximum absolute atomic E-state index is 13.8. The third-order valence-corrected chi connectivity index (χ3v) is 5.51. The van der Waals surface area contributed by atoms with Crippen molar-refractivity contribution in [2.45, 2.75) is 25.6 Å². The second-order valence-corrected chi connectivity index (χ2v) is 7.84. The van der Waals surface area contributed by atoms with E-state index < -0.39 is 21.6 Å². The van der Waals surface area contributed by atoms with E-state index in [4.69, 9.17) is 16.0 Å². The summed E-state index contributed by atoms with van der Waals surface area (Å²) in [5, 5.41) is 0.228. The fraction of sp³-hybridized carbons (Fsp3) is 0.412. The summed E-state index contributed by atoms with van der Waals surface area (Å²) in [4.78, 5) is 2.09. The van der Waals surface area contributed by atoms with E-state index >= 15 is 0 Å². The van der Waals surface area contributed by atoms with Gasteiger partial charge in [-0.2, -0.15) is 0 Å². The molecule has 8 heteroatoms. The molecule has 1 atom stereocenters. The van der Waals surface area contributed by atoms with Gasteiger partial charge in [0.05, 0.1) is 18.1 Å². The van der Waals surface area contributed by atoms with Crippen LogP contribution in [0.1, 0.15) is 31.2 Å². The molecule has 0 bridgehead atoms. The van der Waals surface area contributed by atoms with Crippen LogP contribution in [0.15, 0.2) is 41.0 Å². The predicted octanol–water partition coefficient (Wildman–Crippen LogP) is 3.57. The van der Waals surface area contributed by atoms with Crippen LogP contribution in [0.4, 0.5) is 4.39 Å². The molecule has 0 spiro atoms. The number of rotatable bonds is 9. The van der Waals surface area contributed by atoms with Gasteiger partial charge >= 0.3 is 0 Å². The zero-order valence-corrected chi connectivity index (χ0v) is 15.8. The van der Waals surface area contributed by atoms with Crippen LogP contribution < -0.4 is 4.72 Å². The maximum atomic E-state index is 13.8. The van der Waals surface area contributed by atoms with Crippen molar-refractivity contribution in [3.05, 3.63) is 58.8 Å². The second-order valence-electron chi connectivity index (χ2n) is 5.60. The van der Waals surface area contributed by atoms with Gasteiger partial charge in [0.2, 0.25) is 10.0 Å². The molecule has 0 aliphatic heterocycles. The highest BCUT2D eigenvalue weighted by atomic mass is 35.5. The Balaban J connectivity index is 2.10. The standard InChI is InChI=1S/C17H22ClFN2O3S/c1-3-21(4-2)16(17-6-5-9-24-17)11-20-25(22,23)12-13-7-8-14(18)10-15(13)19/h5-10,16,20H,3-4,11-12H2,1-2H3. The Labute approximate surface area is 152 Å². The summed E-state index contributed by atoms with van der Waals surface area (Å²) in [6, 6.07) is 7.31. The van der Waals surface area contributed by atoms with E-state index in [9.17, 15) is 12.8 Å². The van der Waals surface area contributed by atoms with Gasteiger partial charge in [-0.05, 0) is 37.4 Å². The minimum absolute atomic E-state index is 0.0780. The Hall–Kier alpha value is -1.41. The summed E-state index contributed by atoms with van der Waals surface area (Å²) < 4.78 is 46.5. The molecule has 0 aliphatic rings. The van der Waals surface area contributed by atoms with E-state index in [1.165, 1.54) is 12.1 Å². The summed E-state index contributed by atoms with van der Waals surface area (Å²) in [6.07, 6.45) is 1.56. The van der Waals surface area contributed by atoms with Gasteiger partial charge in [0, 0.05) is 17.1 Å². The van der Waals surface area contributed by atoms with E-state index in [1.54, 1.807) is 12.3 Å². The zero-order valence-electron chi connectivity index (χ0n) is 14.2. The van der Waals surface area contributed by atoms with Crippen LogP contribution in [0.2, 0.25) is 5.02 Å². The van der Waals surface area contributed by atoms with Crippen LogP contribution in [0, 0.1) is 5.82 Å². The Kier molecular flexibility index (Phi) is 7.01. The normalized spacial score (nSPS) is 13.3. The van der Waals surface area contributed by atoms with Gasteiger partial charge in [0.25, 0.3) is 0 Å². The maximum Gasteiger partial charge on any atom is 0.215 e. The molecular formula is C17H22ClFN2O3S. The molecule has 2 aromatic rings. The lowest BCUT2D eigenvalue weighted by molar-refractivity contribution is 0.194. The number of likely N-dealkylation sites (N-methyl/N-ethyl adjacent to an activating group) is 1. The summed E-state index contributed by atoms with van der Waals surface area (Å²) in [5.41, 5.74) is 0.0780. The Morgan fingerprint density at radius 2 is 2.00 bits per heavy atom. The molecule has 1 N–H and O–H groups in total. The van der Waals surface area contributed by atoms with Crippen LogP contribution >= 0.6 is 11.6 Å². The summed E-state index contributed by atoms with van der Waals surface area (Å²) >= 11 is 5.69. The molecule has 1 aromatic carbocycles. The molecule has 138 valence electrons. The Morgan fingerprint density at radius 3 is 2.56 bits per heavy atom. The van der Waals surface area contributed by atoms with Gasteiger partial charge in [-0.15, -0.1) is 0 Å². The van der Waals surface area contributed by atoms with Crippen molar-refractivity contribution in [1.82, 2.24) is 9.62 Å². The van der Waals surface area contributed by atoms with Gasteiger partial charge < -0.3 is 4.42 Å². The first kappa shape index (κ1) is 19.9. The average Bonchev–Trinajstić information content (AvgIpc) is 3.08. The number of hydrogen-bond acceptors (Lipinski definition) is 4. The Bertz CT molecular complexity index is 777. The van der Waals surface area contributed by atoms with Crippen molar-refractivity contribution in [2.24, 2.45) is 0 Å².